The largest absolute Gasteiger partial charge is 0.505 e. The molecule has 5 heteroatoms. The molecule has 1 aromatic rings. The van der Waals surface area contributed by atoms with Crippen LogP contribution in [0.1, 0.15) is 18.5 Å². The molecule has 0 saturated carbocycles. The summed E-state index contributed by atoms with van der Waals surface area (Å²) in [4.78, 5) is 0. The fourth-order valence-electron chi connectivity index (χ4n) is 0.951. The van der Waals surface area contributed by atoms with Gasteiger partial charge in [0.25, 0.3) is 0 Å². The zero-order chi connectivity index (χ0) is 10.2. The maximum Gasteiger partial charge on any atom is 0.201 e. The van der Waals surface area contributed by atoms with Gasteiger partial charge >= 0.3 is 0 Å². The van der Waals surface area contributed by atoms with E-state index in [-0.39, 0.29) is 10.0 Å². The quantitative estimate of drug-likeness (QED) is 0.754. The summed E-state index contributed by atoms with van der Waals surface area (Å²) >= 11 is 2.82. The molecule has 0 aliphatic heterocycles. The lowest BCUT2D eigenvalue weighted by molar-refractivity contribution is 0.397. The molecule has 1 atom stereocenters. The highest BCUT2D eigenvalue weighted by atomic mass is 79.9. The second kappa shape index (κ2) is 3.59. The lowest BCUT2D eigenvalue weighted by Crippen LogP contribution is -2.07. The minimum Gasteiger partial charge on any atom is -0.505 e. The number of nitrogens with two attached hydrogens (primary N) is 1. The predicted molar refractivity (Wildman–Crippen MR) is 48.3 cm³/mol. The molecule has 0 spiro atoms. The number of hydrogen-bond donors (Lipinski definition) is 2. The standard InChI is InChI=1S/C8H8BrF2NO/c1-3(12)4-2-5(9)6(10)7(11)8(4)13/h2-3,13H,12H2,1H3. The highest BCUT2D eigenvalue weighted by molar-refractivity contribution is 9.10. The van der Waals surface area contributed by atoms with Crippen molar-refractivity contribution in [2.75, 3.05) is 0 Å². The molecule has 1 aromatic carbocycles. The van der Waals surface area contributed by atoms with Crippen LogP contribution in [-0.2, 0) is 0 Å². The molecule has 0 amide bonds. The number of halogens is 3. The minimum absolute atomic E-state index is 0.0462. The van der Waals surface area contributed by atoms with Gasteiger partial charge in [0.1, 0.15) is 0 Å². The van der Waals surface area contributed by atoms with E-state index in [1.807, 2.05) is 0 Å². The molecular formula is C8H8BrF2NO. The van der Waals surface area contributed by atoms with E-state index in [4.69, 9.17) is 10.8 Å². The van der Waals surface area contributed by atoms with Crippen LogP contribution in [-0.4, -0.2) is 5.11 Å². The maximum absolute atomic E-state index is 12.9. The van der Waals surface area contributed by atoms with Crippen molar-refractivity contribution >= 4 is 15.9 Å². The van der Waals surface area contributed by atoms with E-state index in [1.54, 1.807) is 6.92 Å². The number of hydrogen-bond acceptors (Lipinski definition) is 2. The number of benzene rings is 1. The molecule has 0 heterocycles. The van der Waals surface area contributed by atoms with Crippen molar-refractivity contribution < 1.29 is 13.9 Å². The Labute approximate surface area is 82.5 Å². The molecule has 0 aromatic heterocycles. The third-order valence-corrected chi connectivity index (χ3v) is 2.23. The Kier molecular flexibility index (Phi) is 2.87. The maximum atomic E-state index is 12.9. The fourth-order valence-corrected chi connectivity index (χ4v) is 1.37. The number of phenols is 1. The van der Waals surface area contributed by atoms with E-state index < -0.39 is 23.4 Å². The molecule has 0 fully saturated rings. The molecule has 13 heavy (non-hydrogen) atoms. The highest BCUT2D eigenvalue weighted by Gasteiger charge is 2.18. The summed E-state index contributed by atoms with van der Waals surface area (Å²) in [6.07, 6.45) is 0. The molecule has 0 bridgehead atoms. The molecule has 0 aliphatic carbocycles. The molecule has 1 unspecified atom stereocenters. The molecule has 0 radical (unpaired) electrons. The van der Waals surface area contributed by atoms with Gasteiger partial charge in [-0.3, -0.25) is 0 Å². The molecule has 0 aliphatic rings. The van der Waals surface area contributed by atoms with Gasteiger partial charge in [0.15, 0.2) is 11.6 Å². The Morgan fingerprint density at radius 2 is 2.00 bits per heavy atom. The Morgan fingerprint density at radius 3 is 2.46 bits per heavy atom. The zero-order valence-electron chi connectivity index (χ0n) is 6.81. The monoisotopic (exact) mass is 251 g/mol. The third kappa shape index (κ3) is 1.81. The minimum atomic E-state index is -1.28. The van der Waals surface area contributed by atoms with Crippen molar-refractivity contribution in [1.29, 1.82) is 0 Å². The summed E-state index contributed by atoms with van der Waals surface area (Å²) in [6, 6.07) is 0.713. The van der Waals surface area contributed by atoms with Gasteiger partial charge in [-0.15, -0.1) is 0 Å². The predicted octanol–water partition coefficient (Wildman–Crippen LogP) is 2.45. The number of aromatic hydroxyl groups is 1. The van der Waals surface area contributed by atoms with E-state index in [0.717, 1.165) is 0 Å². The lowest BCUT2D eigenvalue weighted by Gasteiger charge is -2.10. The molecule has 0 saturated heterocycles. The van der Waals surface area contributed by atoms with Gasteiger partial charge in [-0.2, -0.15) is 4.39 Å². The van der Waals surface area contributed by atoms with E-state index in [0.29, 0.717) is 0 Å². The summed E-state index contributed by atoms with van der Waals surface area (Å²) in [5.74, 6) is -3.11. The first-order valence-electron chi connectivity index (χ1n) is 3.57. The Balaban J connectivity index is 3.41. The molecule has 2 nitrogen and oxygen atoms in total. The summed E-state index contributed by atoms with van der Waals surface area (Å²) < 4.78 is 25.7. The molecule has 3 N–H and O–H groups in total. The van der Waals surface area contributed by atoms with Gasteiger partial charge in [0.05, 0.1) is 4.47 Å². The van der Waals surface area contributed by atoms with Crippen LogP contribution < -0.4 is 5.73 Å². The van der Waals surface area contributed by atoms with Crippen LogP contribution in [0.5, 0.6) is 5.75 Å². The summed E-state index contributed by atoms with van der Waals surface area (Å²) in [5, 5.41) is 9.16. The van der Waals surface area contributed by atoms with Crippen molar-refractivity contribution in [2.45, 2.75) is 13.0 Å². The molecule has 72 valence electrons. The zero-order valence-corrected chi connectivity index (χ0v) is 8.40. The first-order valence-corrected chi connectivity index (χ1v) is 4.36. The van der Waals surface area contributed by atoms with Gasteiger partial charge in [-0.1, -0.05) is 0 Å². The average molecular weight is 252 g/mol. The normalized spacial score (nSPS) is 13.0. The van der Waals surface area contributed by atoms with Crippen LogP contribution in [0.25, 0.3) is 0 Å². The Morgan fingerprint density at radius 1 is 1.46 bits per heavy atom. The van der Waals surface area contributed by atoms with Crippen LogP contribution in [0.15, 0.2) is 10.5 Å². The van der Waals surface area contributed by atoms with Gasteiger partial charge in [-0.05, 0) is 28.9 Å². The average Bonchev–Trinajstić information content (AvgIpc) is 2.07. The number of phenolic OH excluding ortho intramolecular Hbond substituents is 1. The Hall–Kier alpha value is -0.680. The summed E-state index contributed by atoms with van der Waals surface area (Å²) in [7, 11) is 0. The second-order valence-corrected chi connectivity index (χ2v) is 3.57. The van der Waals surface area contributed by atoms with E-state index in [9.17, 15) is 8.78 Å². The fraction of sp³-hybridized carbons (Fsp3) is 0.250. The van der Waals surface area contributed by atoms with Crippen LogP contribution in [0.4, 0.5) is 8.78 Å². The van der Waals surface area contributed by atoms with Gasteiger partial charge in [0, 0.05) is 11.6 Å². The topological polar surface area (TPSA) is 46.2 Å². The van der Waals surface area contributed by atoms with Crippen molar-refractivity contribution in [3.8, 4) is 5.75 Å². The van der Waals surface area contributed by atoms with E-state index in [1.165, 1.54) is 6.07 Å². The lowest BCUT2D eigenvalue weighted by atomic mass is 10.1. The van der Waals surface area contributed by atoms with Crippen LogP contribution in [0.2, 0.25) is 0 Å². The summed E-state index contributed by atoms with van der Waals surface area (Å²) in [5.41, 5.74) is 5.60. The smallest absolute Gasteiger partial charge is 0.201 e. The molecular weight excluding hydrogens is 244 g/mol. The van der Waals surface area contributed by atoms with Crippen molar-refractivity contribution in [2.24, 2.45) is 5.73 Å². The van der Waals surface area contributed by atoms with Crippen LogP contribution in [0.3, 0.4) is 0 Å². The summed E-state index contributed by atoms with van der Waals surface area (Å²) in [6.45, 7) is 1.57. The SMILES string of the molecule is CC(N)c1cc(Br)c(F)c(F)c1O. The Bertz CT molecular complexity index is 341. The first-order chi connectivity index (χ1) is 5.95. The third-order valence-electron chi connectivity index (χ3n) is 1.66. The van der Waals surface area contributed by atoms with Gasteiger partial charge < -0.3 is 10.8 Å². The highest BCUT2D eigenvalue weighted by Crippen LogP contribution is 2.32. The second-order valence-electron chi connectivity index (χ2n) is 2.71. The van der Waals surface area contributed by atoms with E-state index >= 15 is 0 Å². The van der Waals surface area contributed by atoms with Crippen molar-refractivity contribution in [3.63, 3.8) is 0 Å². The van der Waals surface area contributed by atoms with Crippen molar-refractivity contribution in [3.05, 3.63) is 27.7 Å². The van der Waals surface area contributed by atoms with Gasteiger partial charge in [0.2, 0.25) is 5.82 Å². The molecule has 1 rings (SSSR count). The first kappa shape index (κ1) is 10.4. The van der Waals surface area contributed by atoms with Crippen LogP contribution >= 0.6 is 15.9 Å². The van der Waals surface area contributed by atoms with Crippen molar-refractivity contribution in [1.82, 2.24) is 0 Å². The number of rotatable bonds is 1. The van der Waals surface area contributed by atoms with Gasteiger partial charge in [-0.25, -0.2) is 4.39 Å². The van der Waals surface area contributed by atoms with Crippen LogP contribution in [0, 0.1) is 11.6 Å². The van der Waals surface area contributed by atoms with E-state index in [2.05, 4.69) is 15.9 Å².